The number of hydrogen-bond donors (Lipinski definition) is 1. The second-order valence-corrected chi connectivity index (χ2v) is 5.99. The highest BCUT2D eigenvalue weighted by molar-refractivity contribution is 4.85. The van der Waals surface area contributed by atoms with Crippen LogP contribution in [-0.4, -0.2) is 51.3 Å². The molecule has 0 radical (unpaired) electrons. The Kier molecular flexibility index (Phi) is 4.22. The zero-order chi connectivity index (χ0) is 11.4. The van der Waals surface area contributed by atoms with Gasteiger partial charge in [-0.1, -0.05) is 6.92 Å². The fourth-order valence-electron chi connectivity index (χ4n) is 2.49. The highest BCUT2D eigenvalue weighted by atomic mass is 16.5. The van der Waals surface area contributed by atoms with Gasteiger partial charge >= 0.3 is 0 Å². The second kappa shape index (κ2) is 5.48. The van der Waals surface area contributed by atoms with Crippen molar-refractivity contribution in [3.05, 3.63) is 0 Å². The van der Waals surface area contributed by atoms with Gasteiger partial charge in [-0.3, -0.25) is 0 Å². The summed E-state index contributed by atoms with van der Waals surface area (Å²) in [6.45, 7) is 8.88. The van der Waals surface area contributed by atoms with Gasteiger partial charge in [-0.25, -0.2) is 0 Å². The monoisotopic (exact) mass is 226 g/mol. The van der Waals surface area contributed by atoms with E-state index in [1.807, 2.05) is 0 Å². The first-order chi connectivity index (χ1) is 7.68. The maximum absolute atomic E-state index is 5.67. The molecule has 1 heterocycles. The van der Waals surface area contributed by atoms with E-state index in [1.165, 1.54) is 38.9 Å². The van der Waals surface area contributed by atoms with Gasteiger partial charge in [0.05, 0.1) is 6.61 Å². The Bertz CT molecular complexity index is 210. The number of nitrogens with zero attached hydrogens (tertiary/aromatic N) is 1. The van der Waals surface area contributed by atoms with Gasteiger partial charge in [0.1, 0.15) is 0 Å². The Hall–Kier alpha value is -0.120. The lowest BCUT2D eigenvalue weighted by molar-refractivity contribution is 0.0920. The van der Waals surface area contributed by atoms with E-state index in [-0.39, 0.29) is 0 Å². The molecule has 2 aliphatic rings. The zero-order valence-electron chi connectivity index (χ0n) is 10.8. The summed E-state index contributed by atoms with van der Waals surface area (Å²) in [4.78, 5) is 2.42. The van der Waals surface area contributed by atoms with Gasteiger partial charge in [0.2, 0.25) is 0 Å². The highest BCUT2D eigenvalue weighted by Gasteiger charge is 2.29. The Morgan fingerprint density at radius 1 is 1.44 bits per heavy atom. The predicted octanol–water partition coefficient (Wildman–Crippen LogP) is 1.34. The minimum absolute atomic E-state index is 0.477. The average molecular weight is 226 g/mol. The van der Waals surface area contributed by atoms with Crippen LogP contribution in [0.5, 0.6) is 0 Å². The lowest BCUT2D eigenvalue weighted by atomic mass is 9.89. The standard InChI is InChI=1S/C13H26N2O/c1-13(5-6-14-10-13)11-15(2)7-8-16-9-12-3-4-12/h12,14H,3-11H2,1-2H3. The fourth-order valence-corrected chi connectivity index (χ4v) is 2.49. The lowest BCUT2D eigenvalue weighted by Crippen LogP contribution is -2.36. The summed E-state index contributed by atoms with van der Waals surface area (Å²) in [5.41, 5.74) is 0.477. The molecule has 94 valence electrons. The third-order valence-electron chi connectivity index (χ3n) is 3.78. The summed E-state index contributed by atoms with van der Waals surface area (Å²) < 4.78 is 5.67. The number of likely N-dealkylation sites (N-methyl/N-ethyl adjacent to an activating group) is 1. The number of hydrogen-bond acceptors (Lipinski definition) is 3. The van der Waals surface area contributed by atoms with Crippen LogP contribution in [0, 0.1) is 11.3 Å². The number of nitrogens with one attached hydrogen (secondary N) is 1. The zero-order valence-corrected chi connectivity index (χ0v) is 10.8. The first-order valence-electron chi connectivity index (χ1n) is 6.65. The second-order valence-electron chi connectivity index (χ2n) is 5.99. The van der Waals surface area contributed by atoms with E-state index in [2.05, 4.69) is 24.2 Å². The molecule has 2 rings (SSSR count). The molecule has 0 spiro atoms. The first kappa shape index (κ1) is 12.3. The summed E-state index contributed by atoms with van der Waals surface area (Å²) >= 11 is 0. The molecule has 1 saturated carbocycles. The summed E-state index contributed by atoms with van der Waals surface area (Å²) in [5.74, 6) is 0.891. The van der Waals surface area contributed by atoms with Crippen molar-refractivity contribution in [2.24, 2.45) is 11.3 Å². The Labute approximate surface area is 99.5 Å². The topological polar surface area (TPSA) is 24.5 Å². The maximum Gasteiger partial charge on any atom is 0.0593 e. The molecule has 1 N–H and O–H groups in total. The molecule has 0 bridgehead atoms. The van der Waals surface area contributed by atoms with Gasteiger partial charge in [-0.05, 0) is 44.2 Å². The van der Waals surface area contributed by atoms with E-state index in [9.17, 15) is 0 Å². The number of ether oxygens (including phenoxy) is 1. The predicted molar refractivity (Wildman–Crippen MR) is 66.6 cm³/mol. The molecular formula is C13H26N2O. The van der Waals surface area contributed by atoms with Crippen molar-refractivity contribution in [3.8, 4) is 0 Å². The molecule has 1 atom stereocenters. The molecule has 0 aromatic carbocycles. The van der Waals surface area contributed by atoms with Gasteiger partial charge in [-0.15, -0.1) is 0 Å². The van der Waals surface area contributed by atoms with Crippen molar-refractivity contribution in [1.82, 2.24) is 10.2 Å². The molecule has 2 fully saturated rings. The van der Waals surface area contributed by atoms with Crippen molar-refractivity contribution in [1.29, 1.82) is 0 Å². The molecule has 1 aliphatic heterocycles. The van der Waals surface area contributed by atoms with Gasteiger partial charge in [-0.2, -0.15) is 0 Å². The molecule has 1 saturated heterocycles. The smallest absolute Gasteiger partial charge is 0.0593 e. The Balaban J connectivity index is 1.54. The van der Waals surface area contributed by atoms with Crippen LogP contribution in [0.3, 0.4) is 0 Å². The van der Waals surface area contributed by atoms with Gasteiger partial charge in [0, 0.05) is 26.2 Å². The minimum atomic E-state index is 0.477. The van der Waals surface area contributed by atoms with Crippen molar-refractivity contribution in [3.63, 3.8) is 0 Å². The maximum atomic E-state index is 5.67. The molecule has 0 amide bonds. The number of rotatable bonds is 7. The van der Waals surface area contributed by atoms with Crippen LogP contribution in [0.2, 0.25) is 0 Å². The van der Waals surface area contributed by atoms with Crippen LogP contribution in [-0.2, 0) is 4.74 Å². The quantitative estimate of drug-likeness (QED) is 0.663. The molecule has 1 aliphatic carbocycles. The third-order valence-corrected chi connectivity index (χ3v) is 3.78. The van der Waals surface area contributed by atoms with E-state index < -0.39 is 0 Å². The van der Waals surface area contributed by atoms with Crippen LogP contribution >= 0.6 is 0 Å². The van der Waals surface area contributed by atoms with Crippen LogP contribution in [0.25, 0.3) is 0 Å². The van der Waals surface area contributed by atoms with Gasteiger partial charge < -0.3 is 15.0 Å². The first-order valence-corrected chi connectivity index (χ1v) is 6.65. The van der Waals surface area contributed by atoms with Crippen LogP contribution < -0.4 is 5.32 Å². The fraction of sp³-hybridized carbons (Fsp3) is 1.00. The molecule has 0 aromatic heterocycles. The van der Waals surface area contributed by atoms with Crippen molar-refractivity contribution in [2.45, 2.75) is 26.2 Å². The molecular weight excluding hydrogens is 200 g/mol. The van der Waals surface area contributed by atoms with Crippen LogP contribution in [0.1, 0.15) is 26.2 Å². The molecule has 3 heteroatoms. The minimum Gasteiger partial charge on any atom is -0.380 e. The molecule has 16 heavy (non-hydrogen) atoms. The molecule has 0 aromatic rings. The summed E-state index contributed by atoms with van der Waals surface area (Å²) in [6, 6.07) is 0. The summed E-state index contributed by atoms with van der Waals surface area (Å²) in [7, 11) is 2.21. The normalized spacial score (nSPS) is 30.2. The van der Waals surface area contributed by atoms with Crippen molar-refractivity contribution >= 4 is 0 Å². The van der Waals surface area contributed by atoms with E-state index in [4.69, 9.17) is 4.74 Å². The highest BCUT2D eigenvalue weighted by Crippen LogP contribution is 2.28. The summed E-state index contributed by atoms with van der Waals surface area (Å²) in [5, 5.41) is 3.45. The van der Waals surface area contributed by atoms with E-state index in [1.54, 1.807) is 0 Å². The van der Waals surface area contributed by atoms with Crippen molar-refractivity contribution < 1.29 is 4.74 Å². The van der Waals surface area contributed by atoms with Crippen LogP contribution in [0.15, 0.2) is 0 Å². The summed E-state index contributed by atoms with van der Waals surface area (Å²) in [6.07, 6.45) is 4.08. The third kappa shape index (κ3) is 4.04. The largest absolute Gasteiger partial charge is 0.380 e. The Morgan fingerprint density at radius 3 is 2.88 bits per heavy atom. The van der Waals surface area contributed by atoms with Crippen molar-refractivity contribution in [2.75, 3.05) is 46.4 Å². The average Bonchev–Trinajstić information content (AvgIpc) is 2.96. The van der Waals surface area contributed by atoms with Gasteiger partial charge in [0.15, 0.2) is 0 Å². The van der Waals surface area contributed by atoms with Crippen LogP contribution in [0.4, 0.5) is 0 Å². The van der Waals surface area contributed by atoms with Gasteiger partial charge in [0.25, 0.3) is 0 Å². The Morgan fingerprint density at radius 2 is 2.25 bits per heavy atom. The SMILES string of the molecule is CN(CCOCC1CC1)CC1(C)CCNC1. The van der Waals surface area contributed by atoms with E-state index in [0.717, 1.165) is 25.7 Å². The molecule has 3 nitrogen and oxygen atoms in total. The van der Waals surface area contributed by atoms with E-state index in [0.29, 0.717) is 5.41 Å². The van der Waals surface area contributed by atoms with E-state index >= 15 is 0 Å². The molecule has 1 unspecified atom stereocenters. The lowest BCUT2D eigenvalue weighted by Gasteiger charge is -2.29.